The Balaban J connectivity index is 2.02. The molecule has 0 fully saturated rings. The topological polar surface area (TPSA) is 9.23 Å². The van der Waals surface area contributed by atoms with Gasteiger partial charge in [0.1, 0.15) is 0 Å². The molecule has 0 heterocycles. The van der Waals surface area contributed by atoms with Crippen LogP contribution in [0.5, 0.6) is 0 Å². The maximum Gasteiger partial charge on any atom is 0.253 e. The molecule has 3 aromatic carbocycles. The zero-order valence-corrected chi connectivity index (χ0v) is 15.4. The van der Waals surface area contributed by atoms with E-state index in [1.807, 2.05) is 0 Å². The van der Waals surface area contributed by atoms with Gasteiger partial charge in [-0.3, -0.25) is 0 Å². The minimum absolute atomic E-state index is 0.114. The molecule has 0 N–H and O–H groups in total. The van der Waals surface area contributed by atoms with Gasteiger partial charge in [0.05, 0.1) is 6.10 Å². The van der Waals surface area contributed by atoms with Gasteiger partial charge in [0.2, 0.25) is 0 Å². The van der Waals surface area contributed by atoms with E-state index < -0.39 is 8.32 Å². The second kappa shape index (κ2) is 7.60. The quantitative estimate of drug-likeness (QED) is 0.602. The summed E-state index contributed by atoms with van der Waals surface area (Å²) in [5, 5.41) is 2.62. The van der Waals surface area contributed by atoms with Crippen LogP contribution in [0.3, 0.4) is 0 Å². The van der Waals surface area contributed by atoms with E-state index in [1.54, 1.807) is 0 Å². The summed E-state index contributed by atoms with van der Waals surface area (Å²) in [7, 11) is -2.27. The summed E-state index contributed by atoms with van der Waals surface area (Å²) in [6, 6.07) is 32.0. The van der Waals surface area contributed by atoms with Crippen LogP contribution in [-0.2, 0) is 4.43 Å². The SMILES string of the molecule is CCC(O[Si](C)(c1ccccc1)c1ccccc1)c1ccccc1. The third-order valence-electron chi connectivity index (χ3n) is 4.57. The van der Waals surface area contributed by atoms with Crippen molar-refractivity contribution in [3.8, 4) is 0 Å². The fourth-order valence-corrected chi connectivity index (χ4v) is 6.29. The first-order chi connectivity index (χ1) is 11.7. The van der Waals surface area contributed by atoms with Gasteiger partial charge in [-0.25, -0.2) is 0 Å². The van der Waals surface area contributed by atoms with E-state index in [0.717, 1.165) is 6.42 Å². The maximum atomic E-state index is 6.88. The monoisotopic (exact) mass is 332 g/mol. The van der Waals surface area contributed by atoms with Crippen molar-refractivity contribution in [3.05, 3.63) is 96.6 Å². The molecule has 1 atom stereocenters. The fraction of sp³-hybridized carbons (Fsp3) is 0.182. The Morgan fingerprint density at radius 2 is 1.12 bits per heavy atom. The smallest absolute Gasteiger partial charge is 0.253 e. The van der Waals surface area contributed by atoms with Gasteiger partial charge in [-0.15, -0.1) is 0 Å². The lowest BCUT2D eigenvalue weighted by Gasteiger charge is -2.33. The predicted octanol–water partition coefficient (Wildman–Crippen LogP) is 4.54. The first-order valence-electron chi connectivity index (χ1n) is 8.58. The molecule has 24 heavy (non-hydrogen) atoms. The van der Waals surface area contributed by atoms with Crippen LogP contribution in [0, 0.1) is 0 Å². The van der Waals surface area contributed by atoms with Gasteiger partial charge in [-0.05, 0) is 28.9 Å². The molecule has 2 heteroatoms. The Morgan fingerprint density at radius 3 is 1.54 bits per heavy atom. The van der Waals surface area contributed by atoms with Crippen molar-refractivity contribution >= 4 is 18.7 Å². The van der Waals surface area contributed by atoms with Gasteiger partial charge in [-0.2, -0.15) is 0 Å². The van der Waals surface area contributed by atoms with Crippen LogP contribution >= 0.6 is 0 Å². The number of hydrogen-bond acceptors (Lipinski definition) is 1. The van der Waals surface area contributed by atoms with Crippen molar-refractivity contribution in [3.63, 3.8) is 0 Å². The highest BCUT2D eigenvalue weighted by atomic mass is 28.4. The van der Waals surface area contributed by atoms with E-state index in [1.165, 1.54) is 15.9 Å². The molecule has 1 nitrogen and oxygen atoms in total. The minimum atomic E-state index is -2.27. The van der Waals surface area contributed by atoms with Gasteiger partial charge in [0, 0.05) is 0 Å². The van der Waals surface area contributed by atoms with Crippen LogP contribution in [0.2, 0.25) is 6.55 Å². The minimum Gasteiger partial charge on any atom is -0.401 e. The lowest BCUT2D eigenvalue weighted by molar-refractivity contribution is 0.199. The van der Waals surface area contributed by atoms with Crippen molar-refractivity contribution in [1.82, 2.24) is 0 Å². The first kappa shape index (κ1) is 16.7. The molecule has 0 amide bonds. The van der Waals surface area contributed by atoms with Crippen LogP contribution in [-0.4, -0.2) is 8.32 Å². The van der Waals surface area contributed by atoms with E-state index in [0.29, 0.717) is 0 Å². The molecule has 3 rings (SSSR count). The number of rotatable bonds is 6. The third kappa shape index (κ3) is 3.50. The molecule has 0 spiro atoms. The number of hydrogen-bond donors (Lipinski definition) is 0. The van der Waals surface area contributed by atoms with Crippen LogP contribution in [0.1, 0.15) is 25.0 Å². The molecule has 0 bridgehead atoms. The fourth-order valence-electron chi connectivity index (χ4n) is 3.15. The molecule has 0 aliphatic carbocycles. The third-order valence-corrected chi connectivity index (χ3v) is 8.20. The maximum absolute atomic E-state index is 6.88. The molecule has 1 unspecified atom stereocenters. The van der Waals surface area contributed by atoms with E-state index in [9.17, 15) is 0 Å². The summed E-state index contributed by atoms with van der Waals surface area (Å²) in [5.41, 5.74) is 1.26. The lowest BCUT2D eigenvalue weighted by atomic mass is 10.1. The average molecular weight is 333 g/mol. The summed E-state index contributed by atoms with van der Waals surface area (Å²) in [5.74, 6) is 0. The van der Waals surface area contributed by atoms with E-state index in [2.05, 4.69) is 104 Å². The van der Waals surface area contributed by atoms with Gasteiger partial charge in [0.15, 0.2) is 0 Å². The van der Waals surface area contributed by atoms with Crippen LogP contribution in [0.15, 0.2) is 91.0 Å². The molecular formula is C22H24OSi. The molecule has 122 valence electrons. The highest BCUT2D eigenvalue weighted by Crippen LogP contribution is 2.25. The highest BCUT2D eigenvalue weighted by molar-refractivity contribution is 6.96. The van der Waals surface area contributed by atoms with E-state index in [4.69, 9.17) is 4.43 Å². The standard InChI is InChI=1S/C22H24OSi/c1-3-22(19-13-7-4-8-14-19)23-24(2,20-15-9-5-10-16-20)21-17-11-6-12-18-21/h4-18,22H,3H2,1-2H3. The molecule has 0 aliphatic rings. The molecular weight excluding hydrogens is 308 g/mol. The van der Waals surface area contributed by atoms with Gasteiger partial charge >= 0.3 is 0 Å². The number of benzene rings is 3. The lowest BCUT2D eigenvalue weighted by Crippen LogP contribution is -2.58. The molecule has 0 radical (unpaired) electrons. The van der Waals surface area contributed by atoms with Crippen molar-refractivity contribution in [1.29, 1.82) is 0 Å². The van der Waals surface area contributed by atoms with Crippen molar-refractivity contribution in [2.45, 2.75) is 26.0 Å². The van der Waals surface area contributed by atoms with E-state index >= 15 is 0 Å². The average Bonchev–Trinajstić information content (AvgIpc) is 2.68. The highest BCUT2D eigenvalue weighted by Gasteiger charge is 2.36. The van der Waals surface area contributed by atoms with Crippen LogP contribution in [0.25, 0.3) is 0 Å². The van der Waals surface area contributed by atoms with Gasteiger partial charge in [0.25, 0.3) is 8.32 Å². The second-order valence-corrected chi connectivity index (χ2v) is 9.65. The van der Waals surface area contributed by atoms with Gasteiger partial charge < -0.3 is 4.43 Å². The van der Waals surface area contributed by atoms with Crippen molar-refractivity contribution in [2.24, 2.45) is 0 Å². The van der Waals surface area contributed by atoms with Crippen molar-refractivity contribution in [2.75, 3.05) is 0 Å². The summed E-state index contributed by atoms with van der Waals surface area (Å²) >= 11 is 0. The summed E-state index contributed by atoms with van der Waals surface area (Å²) in [6.45, 7) is 4.51. The summed E-state index contributed by atoms with van der Waals surface area (Å²) in [4.78, 5) is 0. The Labute approximate surface area is 146 Å². The molecule has 3 aromatic rings. The molecule has 0 aromatic heterocycles. The summed E-state index contributed by atoms with van der Waals surface area (Å²) < 4.78 is 6.88. The summed E-state index contributed by atoms with van der Waals surface area (Å²) in [6.07, 6.45) is 1.08. The normalized spacial score (nSPS) is 12.8. The Bertz CT molecular complexity index is 701. The zero-order valence-electron chi connectivity index (χ0n) is 14.4. The van der Waals surface area contributed by atoms with Crippen LogP contribution in [0.4, 0.5) is 0 Å². The Kier molecular flexibility index (Phi) is 5.29. The largest absolute Gasteiger partial charge is 0.401 e. The zero-order chi connectivity index (χ0) is 16.8. The first-order valence-corrected chi connectivity index (χ1v) is 11.0. The van der Waals surface area contributed by atoms with Crippen LogP contribution < -0.4 is 10.4 Å². The Hall–Kier alpha value is -2.16. The van der Waals surface area contributed by atoms with Crippen molar-refractivity contribution < 1.29 is 4.43 Å². The molecule has 0 saturated heterocycles. The Morgan fingerprint density at radius 1 is 0.708 bits per heavy atom. The molecule has 0 saturated carbocycles. The predicted molar refractivity (Wildman–Crippen MR) is 104 cm³/mol. The van der Waals surface area contributed by atoms with Gasteiger partial charge in [-0.1, -0.05) is 97.9 Å². The molecule has 0 aliphatic heterocycles. The second-order valence-electron chi connectivity index (χ2n) is 6.19. The van der Waals surface area contributed by atoms with E-state index in [-0.39, 0.29) is 6.10 Å².